The largest absolute Gasteiger partial charge is 0.481 e. The third-order valence-corrected chi connectivity index (χ3v) is 5.89. The molecule has 4 heteroatoms. The first-order chi connectivity index (χ1) is 14.5. The van der Waals surface area contributed by atoms with Gasteiger partial charge in [0.15, 0.2) is 0 Å². The molecule has 0 amide bonds. The molecule has 2 N–H and O–H groups in total. The Bertz CT molecular complexity index is 859. The molecule has 0 radical (unpaired) electrons. The molecule has 30 heavy (non-hydrogen) atoms. The number of carbonyl (C=O) groups is 1. The molecule has 3 nitrogen and oxygen atoms in total. The zero-order chi connectivity index (χ0) is 21.4. The molecule has 0 saturated heterocycles. The number of aliphatic hydroxyl groups is 1. The van der Waals surface area contributed by atoms with E-state index in [2.05, 4.69) is 36.4 Å². The normalized spacial score (nSPS) is 13.8. The fourth-order valence-electron chi connectivity index (χ4n) is 3.97. The summed E-state index contributed by atoms with van der Waals surface area (Å²) in [6.45, 7) is 0. The third kappa shape index (κ3) is 4.84. The third-order valence-electron chi connectivity index (χ3n) is 5.29. The van der Waals surface area contributed by atoms with E-state index in [4.69, 9.17) is 17.7 Å². The van der Waals surface area contributed by atoms with Gasteiger partial charge in [-0.2, -0.15) is 12.6 Å². The molecule has 0 aliphatic carbocycles. The molecular weight excluding hydrogens is 392 g/mol. The molecule has 0 fully saturated rings. The Hall–Kier alpha value is -2.82. The first kappa shape index (κ1) is 21.9. The minimum absolute atomic E-state index is 0.155. The second kappa shape index (κ2) is 10.3. The number of rotatable bonds is 9. The van der Waals surface area contributed by atoms with Crippen molar-refractivity contribution in [3.8, 4) is 0 Å². The van der Waals surface area contributed by atoms with Crippen LogP contribution in [0.1, 0.15) is 29.5 Å². The molecular formula is C26H26O3S. The predicted octanol–water partition coefficient (Wildman–Crippen LogP) is 5.10. The van der Waals surface area contributed by atoms with E-state index in [1.807, 2.05) is 60.7 Å². The van der Waals surface area contributed by atoms with Crippen molar-refractivity contribution in [2.45, 2.75) is 29.6 Å². The fourth-order valence-corrected chi connectivity index (χ4v) is 4.54. The summed E-state index contributed by atoms with van der Waals surface area (Å²) < 4.78 is 0. The summed E-state index contributed by atoms with van der Waals surface area (Å²) in [5, 5.41) is 18.6. The van der Waals surface area contributed by atoms with Crippen LogP contribution in [0.5, 0.6) is 0 Å². The Balaban J connectivity index is 2.09. The maximum Gasteiger partial charge on any atom is 0.306 e. The quantitative estimate of drug-likeness (QED) is 0.257. The summed E-state index contributed by atoms with van der Waals surface area (Å²) in [5.41, 5.74) is 2.86. The van der Waals surface area contributed by atoms with Crippen molar-refractivity contribution in [3.63, 3.8) is 0 Å². The number of hydrogen-bond donors (Lipinski definition) is 3. The number of aliphatic hydroxyl groups excluding tert-OH is 1. The van der Waals surface area contributed by atoms with Gasteiger partial charge in [0, 0.05) is 5.25 Å². The van der Waals surface area contributed by atoms with Crippen LogP contribution in [0.25, 0.3) is 0 Å². The van der Waals surface area contributed by atoms with Crippen molar-refractivity contribution in [1.82, 2.24) is 0 Å². The first-order valence-corrected chi connectivity index (χ1v) is 10.5. The van der Waals surface area contributed by atoms with Gasteiger partial charge in [0.1, 0.15) is 0 Å². The maximum atomic E-state index is 10.8. The summed E-state index contributed by atoms with van der Waals surface area (Å²) in [5.74, 6) is -1.03. The molecule has 0 heterocycles. The van der Waals surface area contributed by atoms with Gasteiger partial charge in [0.05, 0.1) is 17.9 Å². The fraction of sp³-hybridized carbons (Fsp3) is 0.192. The highest BCUT2D eigenvalue weighted by Gasteiger charge is 2.41. The lowest BCUT2D eigenvalue weighted by Crippen LogP contribution is -2.39. The Morgan fingerprint density at radius 1 is 0.833 bits per heavy atom. The monoisotopic (exact) mass is 418 g/mol. The van der Waals surface area contributed by atoms with E-state index in [1.165, 1.54) is 0 Å². The predicted molar refractivity (Wildman–Crippen MR) is 124 cm³/mol. The zero-order valence-corrected chi connectivity index (χ0v) is 17.5. The minimum Gasteiger partial charge on any atom is -0.481 e. The topological polar surface area (TPSA) is 57.5 Å². The van der Waals surface area contributed by atoms with Gasteiger partial charge in [0.25, 0.3) is 0 Å². The van der Waals surface area contributed by atoms with Gasteiger partial charge in [-0.25, -0.2) is 0 Å². The van der Waals surface area contributed by atoms with E-state index in [0.717, 1.165) is 16.7 Å². The van der Waals surface area contributed by atoms with Gasteiger partial charge in [-0.15, -0.1) is 0 Å². The van der Waals surface area contributed by atoms with Gasteiger partial charge in [0.2, 0.25) is 0 Å². The van der Waals surface area contributed by atoms with Crippen molar-refractivity contribution >= 4 is 18.6 Å². The lowest BCUT2D eigenvalue weighted by molar-refractivity contribution is -0.138. The molecule has 0 aliphatic heterocycles. The number of carboxylic acid groups (broad SMARTS) is 1. The Morgan fingerprint density at radius 3 is 1.60 bits per heavy atom. The highest BCUT2D eigenvalue weighted by molar-refractivity contribution is 7.81. The van der Waals surface area contributed by atoms with Crippen LogP contribution in [-0.2, 0) is 10.2 Å². The number of carboxylic acids is 1. The number of hydrogen-bond acceptors (Lipinski definition) is 3. The molecule has 3 aromatic carbocycles. The lowest BCUT2D eigenvalue weighted by Gasteiger charge is -2.40. The number of thiol groups is 1. The smallest absolute Gasteiger partial charge is 0.306 e. The summed E-state index contributed by atoms with van der Waals surface area (Å²) in [7, 11) is 0. The highest BCUT2D eigenvalue weighted by atomic mass is 32.1. The van der Waals surface area contributed by atoms with Crippen molar-refractivity contribution in [2.75, 3.05) is 0 Å². The molecule has 0 aromatic heterocycles. The van der Waals surface area contributed by atoms with Gasteiger partial charge in [-0.05, 0) is 23.1 Å². The molecule has 0 bridgehead atoms. The Kier molecular flexibility index (Phi) is 7.50. The van der Waals surface area contributed by atoms with Crippen LogP contribution in [0.2, 0.25) is 0 Å². The highest BCUT2D eigenvalue weighted by Crippen LogP contribution is 2.45. The average molecular weight is 419 g/mol. The second-order valence-electron chi connectivity index (χ2n) is 7.25. The Morgan fingerprint density at radius 2 is 1.23 bits per heavy atom. The van der Waals surface area contributed by atoms with Crippen LogP contribution in [-0.4, -0.2) is 27.5 Å². The van der Waals surface area contributed by atoms with Crippen LogP contribution in [0.4, 0.5) is 0 Å². The van der Waals surface area contributed by atoms with Crippen LogP contribution in [0, 0.1) is 0 Å². The molecule has 0 saturated carbocycles. The summed E-state index contributed by atoms with van der Waals surface area (Å²) >= 11 is 5.07. The van der Waals surface area contributed by atoms with Crippen molar-refractivity contribution in [2.24, 2.45) is 0 Å². The standard InChI is InChI=1S/C26H26O3S/c27-23(19-25(28)29)17-10-18-24(30)26(20-11-4-1-5-12-20,21-13-6-2-7-14-21)22-15-8-3-9-16-22/h1-17,23-24,27,30H,18-19H2,(H,28,29)/b17-10+/t23?,24-/m0/s1. The number of allylic oxidation sites excluding steroid dienone is 1. The van der Waals surface area contributed by atoms with Gasteiger partial charge in [-0.3, -0.25) is 4.79 Å². The van der Waals surface area contributed by atoms with Gasteiger partial charge < -0.3 is 10.2 Å². The van der Waals surface area contributed by atoms with Crippen LogP contribution < -0.4 is 0 Å². The van der Waals surface area contributed by atoms with Crippen molar-refractivity contribution in [3.05, 3.63) is 120 Å². The zero-order valence-electron chi connectivity index (χ0n) is 16.6. The first-order valence-electron chi connectivity index (χ1n) is 9.96. The summed E-state index contributed by atoms with van der Waals surface area (Å²) in [6, 6.07) is 30.9. The number of aliphatic carboxylic acids is 1. The molecule has 3 aromatic rings. The van der Waals surface area contributed by atoms with E-state index in [0.29, 0.717) is 6.42 Å². The average Bonchev–Trinajstić information content (AvgIpc) is 2.76. The second-order valence-corrected chi connectivity index (χ2v) is 7.87. The SMILES string of the molecule is O=C(O)CC(O)/C=C/C[C@H](S)C(c1ccccc1)(c1ccccc1)c1ccccc1. The minimum atomic E-state index is -1.03. The van der Waals surface area contributed by atoms with Crippen molar-refractivity contribution in [1.29, 1.82) is 0 Å². The molecule has 0 aliphatic rings. The number of benzene rings is 3. The molecule has 154 valence electrons. The van der Waals surface area contributed by atoms with Crippen LogP contribution in [0.15, 0.2) is 103 Å². The van der Waals surface area contributed by atoms with Crippen LogP contribution >= 0.6 is 12.6 Å². The molecule has 1 unspecified atom stereocenters. The Labute approximate surface area is 183 Å². The van der Waals surface area contributed by atoms with Crippen LogP contribution in [0.3, 0.4) is 0 Å². The van der Waals surface area contributed by atoms with E-state index in [9.17, 15) is 9.90 Å². The molecule has 0 spiro atoms. The van der Waals surface area contributed by atoms with Gasteiger partial charge >= 0.3 is 5.97 Å². The van der Waals surface area contributed by atoms with E-state index >= 15 is 0 Å². The maximum absolute atomic E-state index is 10.8. The van der Waals surface area contributed by atoms with E-state index in [1.54, 1.807) is 6.08 Å². The van der Waals surface area contributed by atoms with Crippen molar-refractivity contribution < 1.29 is 15.0 Å². The van der Waals surface area contributed by atoms with E-state index < -0.39 is 17.5 Å². The summed E-state index contributed by atoms with van der Waals surface area (Å²) in [4.78, 5) is 10.8. The molecule has 2 atom stereocenters. The molecule has 3 rings (SSSR count). The van der Waals surface area contributed by atoms with E-state index in [-0.39, 0.29) is 11.7 Å². The lowest BCUT2D eigenvalue weighted by atomic mass is 9.66. The van der Waals surface area contributed by atoms with Gasteiger partial charge in [-0.1, -0.05) is 103 Å². The summed E-state index contributed by atoms with van der Waals surface area (Å²) in [6.07, 6.45) is 2.60.